The Morgan fingerprint density at radius 3 is 2.95 bits per heavy atom. The smallest absolute Gasteiger partial charge is 0.272 e. The van der Waals surface area contributed by atoms with Crippen LogP contribution in [-0.2, 0) is 0 Å². The fraction of sp³-hybridized carbons (Fsp3) is 0.600. The number of aliphatic hydroxyl groups is 1. The number of nitrogens with one attached hydrogen (secondary N) is 1. The maximum Gasteiger partial charge on any atom is 0.272 e. The highest BCUT2D eigenvalue weighted by molar-refractivity contribution is 5.92. The first kappa shape index (κ1) is 15.7. The van der Waals surface area contributed by atoms with Gasteiger partial charge in [-0.1, -0.05) is 6.07 Å². The van der Waals surface area contributed by atoms with E-state index < -0.39 is 0 Å². The first-order chi connectivity index (χ1) is 10.2. The minimum atomic E-state index is -0.0133. The molecule has 1 aromatic rings. The van der Waals surface area contributed by atoms with Crippen LogP contribution in [0.4, 0.5) is 5.82 Å². The summed E-state index contributed by atoms with van der Waals surface area (Å²) in [6.45, 7) is 6.79. The van der Waals surface area contributed by atoms with E-state index in [1.54, 1.807) is 6.07 Å². The average Bonchev–Trinajstić information content (AvgIpc) is 2.73. The van der Waals surface area contributed by atoms with Crippen molar-refractivity contribution < 1.29 is 9.90 Å². The molecule has 6 nitrogen and oxygen atoms in total. The molecule has 1 saturated heterocycles. The van der Waals surface area contributed by atoms with Crippen LogP contribution in [0.2, 0.25) is 0 Å². The molecule has 0 saturated carbocycles. The molecule has 2 heterocycles. The second kappa shape index (κ2) is 7.95. The van der Waals surface area contributed by atoms with Crippen molar-refractivity contribution in [2.24, 2.45) is 0 Å². The van der Waals surface area contributed by atoms with Crippen molar-refractivity contribution in [3.8, 4) is 0 Å². The maximum atomic E-state index is 12.5. The summed E-state index contributed by atoms with van der Waals surface area (Å²) in [5.41, 5.74) is 0.490. The highest BCUT2D eigenvalue weighted by Gasteiger charge is 2.21. The highest BCUT2D eigenvalue weighted by Crippen LogP contribution is 2.10. The van der Waals surface area contributed by atoms with E-state index in [0.717, 1.165) is 38.4 Å². The predicted octanol–water partition coefficient (Wildman–Crippen LogP) is 0.654. The number of rotatable bonds is 5. The Hall–Kier alpha value is -1.66. The summed E-state index contributed by atoms with van der Waals surface area (Å²) in [6, 6.07) is 5.49. The van der Waals surface area contributed by atoms with Crippen molar-refractivity contribution >= 4 is 11.7 Å². The third-order valence-corrected chi connectivity index (χ3v) is 3.62. The number of aliphatic hydroxyl groups excluding tert-OH is 1. The van der Waals surface area contributed by atoms with Gasteiger partial charge in [-0.2, -0.15) is 0 Å². The zero-order chi connectivity index (χ0) is 15.1. The van der Waals surface area contributed by atoms with Crippen LogP contribution in [0.25, 0.3) is 0 Å². The zero-order valence-electron chi connectivity index (χ0n) is 12.6. The molecule has 1 fully saturated rings. The van der Waals surface area contributed by atoms with E-state index >= 15 is 0 Å². The summed E-state index contributed by atoms with van der Waals surface area (Å²) in [5, 5.41) is 12.1. The number of pyridine rings is 1. The lowest BCUT2D eigenvalue weighted by Gasteiger charge is -2.21. The molecule has 0 spiro atoms. The first-order valence-electron chi connectivity index (χ1n) is 7.58. The Labute approximate surface area is 125 Å². The van der Waals surface area contributed by atoms with Gasteiger partial charge < -0.3 is 15.3 Å². The molecule has 116 valence electrons. The third kappa shape index (κ3) is 4.41. The SMILES string of the molecule is CCNc1cccc(C(=O)N2CCCN(CCO)CC2)n1. The van der Waals surface area contributed by atoms with Gasteiger partial charge in [0.05, 0.1) is 6.61 Å². The van der Waals surface area contributed by atoms with Gasteiger partial charge in [0.25, 0.3) is 5.91 Å². The first-order valence-corrected chi connectivity index (χ1v) is 7.58. The molecule has 0 aromatic carbocycles. The molecular weight excluding hydrogens is 268 g/mol. The van der Waals surface area contributed by atoms with E-state index in [1.165, 1.54) is 0 Å². The molecule has 21 heavy (non-hydrogen) atoms. The van der Waals surface area contributed by atoms with Crippen LogP contribution in [-0.4, -0.2) is 71.7 Å². The molecule has 2 N–H and O–H groups in total. The van der Waals surface area contributed by atoms with E-state index in [9.17, 15) is 4.79 Å². The van der Waals surface area contributed by atoms with Crippen LogP contribution in [0.3, 0.4) is 0 Å². The quantitative estimate of drug-likeness (QED) is 0.834. The number of aromatic nitrogens is 1. The van der Waals surface area contributed by atoms with Crippen molar-refractivity contribution in [1.29, 1.82) is 0 Å². The largest absolute Gasteiger partial charge is 0.395 e. The Morgan fingerprint density at radius 2 is 2.19 bits per heavy atom. The van der Waals surface area contributed by atoms with Gasteiger partial charge in [-0.05, 0) is 32.0 Å². The van der Waals surface area contributed by atoms with Crippen LogP contribution in [0.5, 0.6) is 0 Å². The van der Waals surface area contributed by atoms with E-state index in [4.69, 9.17) is 5.11 Å². The minimum Gasteiger partial charge on any atom is -0.395 e. The zero-order valence-corrected chi connectivity index (χ0v) is 12.6. The van der Waals surface area contributed by atoms with E-state index in [1.807, 2.05) is 24.0 Å². The molecule has 0 atom stereocenters. The molecule has 0 radical (unpaired) electrons. The molecule has 1 aliphatic rings. The number of carbonyl (C=O) groups excluding carboxylic acids is 1. The summed E-state index contributed by atoms with van der Waals surface area (Å²) in [4.78, 5) is 21.0. The Kier molecular flexibility index (Phi) is 5.95. The van der Waals surface area contributed by atoms with Gasteiger partial charge in [0.1, 0.15) is 11.5 Å². The summed E-state index contributed by atoms with van der Waals surface area (Å²) in [7, 11) is 0. The minimum absolute atomic E-state index is 0.0133. The average molecular weight is 292 g/mol. The third-order valence-electron chi connectivity index (χ3n) is 3.62. The molecule has 0 bridgehead atoms. The number of β-amino-alcohol motifs (C(OH)–C–C–N with tert-alkyl or cyclic N) is 1. The second-order valence-electron chi connectivity index (χ2n) is 5.15. The molecule has 1 amide bonds. The van der Waals surface area contributed by atoms with E-state index in [0.29, 0.717) is 18.8 Å². The number of hydrogen-bond acceptors (Lipinski definition) is 5. The summed E-state index contributed by atoms with van der Waals surface area (Å²) >= 11 is 0. The molecule has 0 unspecified atom stereocenters. The van der Waals surface area contributed by atoms with Crippen molar-refractivity contribution in [2.75, 3.05) is 51.2 Å². The standard InChI is InChI=1S/C15H24N4O2/c1-2-16-14-6-3-5-13(17-14)15(21)19-8-4-7-18(9-10-19)11-12-20/h3,5-6,20H,2,4,7-12H2,1H3,(H,16,17). The van der Waals surface area contributed by atoms with Crippen LogP contribution in [0.15, 0.2) is 18.2 Å². The van der Waals surface area contributed by atoms with E-state index in [-0.39, 0.29) is 12.5 Å². The second-order valence-corrected chi connectivity index (χ2v) is 5.15. The highest BCUT2D eigenvalue weighted by atomic mass is 16.3. The van der Waals surface area contributed by atoms with E-state index in [2.05, 4.69) is 15.2 Å². The molecule has 6 heteroatoms. The Morgan fingerprint density at radius 1 is 1.33 bits per heavy atom. The lowest BCUT2D eigenvalue weighted by atomic mass is 10.3. The van der Waals surface area contributed by atoms with Gasteiger partial charge in [-0.15, -0.1) is 0 Å². The van der Waals surface area contributed by atoms with Crippen LogP contribution >= 0.6 is 0 Å². The lowest BCUT2D eigenvalue weighted by Crippen LogP contribution is -2.36. The van der Waals surface area contributed by atoms with Crippen LogP contribution in [0.1, 0.15) is 23.8 Å². The maximum absolute atomic E-state index is 12.5. The van der Waals surface area contributed by atoms with Gasteiger partial charge in [0, 0.05) is 32.7 Å². The number of anilines is 1. The van der Waals surface area contributed by atoms with Gasteiger partial charge in [0.2, 0.25) is 0 Å². The fourth-order valence-corrected chi connectivity index (χ4v) is 2.53. The summed E-state index contributed by atoms with van der Waals surface area (Å²) in [5.74, 6) is 0.723. The van der Waals surface area contributed by atoms with Gasteiger partial charge in [-0.25, -0.2) is 4.98 Å². The van der Waals surface area contributed by atoms with Crippen molar-refractivity contribution in [2.45, 2.75) is 13.3 Å². The molecule has 1 aromatic heterocycles. The molecular formula is C15H24N4O2. The molecule has 1 aliphatic heterocycles. The van der Waals surface area contributed by atoms with Crippen molar-refractivity contribution in [3.63, 3.8) is 0 Å². The predicted molar refractivity (Wildman–Crippen MR) is 82.4 cm³/mol. The lowest BCUT2D eigenvalue weighted by molar-refractivity contribution is 0.0755. The molecule has 0 aliphatic carbocycles. The van der Waals surface area contributed by atoms with Gasteiger partial charge in [0.15, 0.2) is 0 Å². The fourth-order valence-electron chi connectivity index (χ4n) is 2.53. The summed E-state index contributed by atoms with van der Waals surface area (Å²) < 4.78 is 0. The monoisotopic (exact) mass is 292 g/mol. The summed E-state index contributed by atoms with van der Waals surface area (Å²) in [6.07, 6.45) is 0.929. The Bertz CT molecular complexity index is 467. The number of hydrogen-bond donors (Lipinski definition) is 2. The topological polar surface area (TPSA) is 68.7 Å². The van der Waals surface area contributed by atoms with Gasteiger partial charge in [-0.3, -0.25) is 9.69 Å². The molecule has 2 rings (SSSR count). The Balaban J connectivity index is 2.00. The normalized spacial score (nSPS) is 16.6. The van der Waals surface area contributed by atoms with Crippen molar-refractivity contribution in [1.82, 2.24) is 14.8 Å². The number of nitrogens with zero attached hydrogens (tertiary/aromatic N) is 3. The van der Waals surface area contributed by atoms with Crippen LogP contribution < -0.4 is 5.32 Å². The van der Waals surface area contributed by atoms with Gasteiger partial charge >= 0.3 is 0 Å². The van der Waals surface area contributed by atoms with Crippen molar-refractivity contribution in [3.05, 3.63) is 23.9 Å². The van der Waals surface area contributed by atoms with Crippen LogP contribution in [0, 0.1) is 0 Å². The number of amides is 1. The number of carbonyl (C=O) groups is 1.